The second-order valence-corrected chi connectivity index (χ2v) is 8.67. The normalized spacial score (nSPS) is 23.4. The number of sulfone groups is 1. The van der Waals surface area contributed by atoms with Crippen LogP contribution in [0.5, 0.6) is 0 Å². The van der Waals surface area contributed by atoms with Crippen molar-refractivity contribution in [3.05, 3.63) is 33.4 Å². The molecule has 19 heavy (non-hydrogen) atoms. The van der Waals surface area contributed by atoms with Crippen LogP contribution in [0.1, 0.15) is 18.4 Å². The van der Waals surface area contributed by atoms with Crippen LogP contribution < -0.4 is 11.3 Å². The number of hydrazine groups is 1. The summed E-state index contributed by atoms with van der Waals surface area (Å²) in [5, 5.41) is 0. The monoisotopic (exact) mass is 394 g/mol. The molecule has 0 aromatic heterocycles. The largest absolute Gasteiger partial charge is 0.271 e. The van der Waals surface area contributed by atoms with E-state index >= 15 is 0 Å². The fourth-order valence-corrected chi connectivity index (χ4v) is 4.82. The summed E-state index contributed by atoms with van der Waals surface area (Å²) in [6, 6.07) is 8.47. The summed E-state index contributed by atoms with van der Waals surface area (Å²) in [4.78, 5) is 0. The zero-order valence-corrected chi connectivity index (χ0v) is 13.7. The van der Waals surface area contributed by atoms with Gasteiger partial charge in [-0.05, 0) is 65.5 Å². The predicted molar refractivity (Wildman–Crippen MR) is 85.4 cm³/mol. The average molecular weight is 394 g/mol. The first-order valence-electron chi connectivity index (χ1n) is 6.39. The molecule has 6 heteroatoms. The number of nitrogens with two attached hydrogens (primary N) is 1. The topological polar surface area (TPSA) is 72.2 Å². The number of benzene rings is 1. The summed E-state index contributed by atoms with van der Waals surface area (Å²) in [5.41, 5.74) is 4.05. The van der Waals surface area contributed by atoms with Crippen molar-refractivity contribution < 1.29 is 8.42 Å². The van der Waals surface area contributed by atoms with Gasteiger partial charge in [0.2, 0.25) is 0 Å². The molecular weight excluding hydrogens is 375 g/mol. The van der Waals surface area contributed by atoms with Crippen molar-refractivity contribution in [1.29, 1.82) is 0 Å². The molecule has 1 aliphatic rings. The number of nitrogens with one attached hydrogen (secondary N) is 1. The van der Waals surface area contributed by atoms with Crippen molar-refractivity contribution >= 4 is 32.4 Å². The lowest BCUT2D eigenvalue weighted by atomic mass is 9.95. The molecule has 106 valence electrons. The van der Waals surface area contributed by atoms with Crippen molar-refractivity contribution in [1.82, 2.24) is 5.43 Å². The van der Waals surface area contributed by atoms with Crippen LogP contribution in [0.3, 0.4) is 0 Å². The first-order chi connectivity index (χ1) is 8.98. The molecule has 1 saturated heterocycles. The van der Waals surface area contributed by atoms with Gasteiger partial charge < -0.3 is 0 Å². The third-order valence-electron chi connectivity index (χ3n) is 3.58. The molecule has 0 radical (unpaired) electrons. The van der Waals surface area contributed by atoms with E-state index in [1.165, 1.54) is 9.13 Å². The van der Waals surface area contributed by atoms with Gasteiger partial charge in [-0.3, -0.25) is 11.3 Å². The highest BCUT2D eigenvalue weighted by Crippen LogP contribution is 2.24. The molecule has 2 unspecified atom stereocenters. The maximum Gasteiger partial charge on any atom is 0.150 e. The molecule has 2 rings (SSSR count). The van der Waals surface area contributed by atoms with Crippen LogP contribution >= 0.6 is 22.6 Å². The van der Waals surface area contributed by atoms with Crippen LogP contribution in [-0.4, -0.2) is 26.0 Å². The standard InChI is InChI=1S/C13H19IN2O2S/c14-12-3-1-10(2-4-12)7-13(16-15)8-11-5-6-19(17,18)9-11/h1-4,11,13,16H,5-9,15H2. The minimum atomic E-state index is -2.80. The van der Waals surface area contributed by atoms with E-state index in [0.29, 0.717) is 11.5 Å². The Morgan fingerprint density at radius 2 is 2.05 bits per heavy atom. The van der Waals surface area contributed by atoms with Gasteiger partial charge in [-0.1, -0.05) is 12.1 Å². The fourth-order valence-electron chi connectivity index (χ4n) is 2.58. The van der Waals surface area contributed by atoms with Crippen molar-refractivity contribution in [2.75, 3.05) is 11.5 Å². The van der Waals surface area contributed by atoms with Crippen molar-refractivity contribution in [2.24, 2.45) is 11.8 Å². The Bertz CT molecular complexity index is 516. The molecule has 0 bridgehead atoms. The van der Waals surface area contributed by atoms with Gasteiger partial charge in [0.15, 0.2) is 9.84 Å². The summed E-state index contributed by atoms with van der Waals surface area (Å²) in [6.07, 6.45) is 2.43. The summed E-state index contributed by atoms with van der Waals surface area (Å²) in [5.74, 6) is 6.49. The molecule has 0 saturated carbocycles. The molecule has 1 fully saturated rings. The van der Waals surface area contributed by atoms with E-state index < -0.39 is 9.84 Å². The van der Waals surface area contributed by atoms with Gasteiger partial charge in [-0.2, -0.15) is 0 Å². The van der Waals surface area contributed by atoms with Gasteiger partial charge in [0, 0.05) is 9.61 Å². The zero-order chi connectivity index (χ0) is 13.9. The van der Waals surface area contributed by atoms with Crippen LogP contribution in [0.4, 0.5) is 0 Å². The molecule has 1 aromatic carbocycles. The summed E-state index contributed by atoms with van der Waals surface area (Å²) >= 11 is 2.28. The molecule has 0 aliphatic carbocycles. The highest BCUT2D eigenvalue weighted by atomic mass is 127. The Morgan fingerprint density at radius 3 is 2.58 bits per heavy atom. The van der Waals surface area contributed by atoms with Gasteiger partial charge in [0.05, 0.1) is 11.5 Å². The van der Waals surface area contributed by atoms with Crippen molar-refractivity contribution in [2.45, 2.75) is 25.3 Å². The number of halogens is 1. The predicted octanol–water partition coefficient (Wildman–Crippen LogP) is 1.49. The van der Waals surface area contributed by atoms with Crippen LogP contribution in [0, 0.1) is 9.49 Å². The third kappa shape index (κ3) is 4.70. The average Bonchev–Trinajstić information content (AvgIpc) is 2.70. The summed E-state index contributed by atoms with van der Waals surface area (Å²) in [7, 11) is -2.80. The van der Waals surface area contributed by atoms with E-state index in [1.807, 2.05) is 0 Å². The van der Waals surface area contributed by atoms with Gasteiger partial charge >= 0.3 is 0 Å². The Morgan fingerprint density at radius 1 is 1.37 bits per heavy atom. The van der Waals surface area contributed by atoms with Gasteiger partial charge in [0.1, 0.15) is 0 Å². The molecule has 3 N–H and O–H groups in total. The molecule has 0 spiro atoms. The Hall–Kier alpha value is -0.180. The van der Waals surface area contributed by atoms with Crippen LogP contribution in [0.15, 0.2) is 24.3 Å². The molecular formula is C13H19IN2O2S. The van der Waals surface area contributed by atoms with Gasteiger partial charge in [0.25, 0.3) is 0 Å². The third-order valence-corrected chi connectivity index (χ3v) is 6.13. The lowest BCUT2D eigenvalue weighted by Crippen LogP contribution is -2.38. The highest BCUT2D eigenvalue weighted by Gasteiger charge is 2.29. The fraction of sp³-hybridized carbons (Fsp3) is 0.538. The first-order valence-corrected chi connectivity index (χ1v) is 9.29. The van der Waals surface area contributed by atoms with Gasteiger partial charge in [-0.25, -0.2) is 8.42 Å². The second-order valence-electron chi connectivity index (χ2n) is 5.20. The number of hydrogen-bond acceptors (Lipinski definition) is 4. The quantitative estimate of drug-likeness (QED) is 0.451. The van der Waals surface area contributed by atoms with Crippen LogP contribution in [0.25, 0.3) is 0 Å². The summed E-state index contributed by atoms with van der Waals surface area (Å²) < 4.78 is 24.1. The Labute approximate surface area is 128 Å². The molecule has 4 nitrogen and oxygen atoms in total. The Balaban J connectivity index is 1.92. The number of hydrogen-bond donors (Lipinski definition) is 2. The zero-order valence-electron chi connectivity index (χ0n) is 10.7. The van der Waals surface area contributed by atoms with Crippen LogP contribution in [0.2, 0.25) is 0 Å². The SMILES string of the molecule is NNC(Cc1ccc(I)cc1)CC1CCS(=O)(=O)C1. The number of rotatable bonds is 5. The Kier molecular flexibility index (Phi) is 5.22. The lowest BCUT2D eigenvalue weighted by Gasteiger charge is -2.19. The van der Waals surface area contributed by atoms with E-state index in [2.05, 4.69) is 52.3 Å². The molecule has 2 atom stereocenters. The van der Waals surface area contributed by atoms with E-state index in [-0.39, 0.29) is 12.0 Å². The maximum atomic E-state index is 11.5. The molecule has 1 heterocycles. The highest BCUT2D eigenvalue weighted by molar-refractivity contribution is 14.1. The molecule has 0 amide bonds. The minimum absolute atomic E-state index is 0.137. The van der Waals surface area contributed by atoms with E-state index in [0.717, 1.165) is 19.3 Å². The van der Waals surface area contributed by atoms with Crippen molar-refractivity contribution in [3.63, 3.8) is 0 Å². The molecule has 1 aliphatic heterocycles. The smallest absolute Gasteiger partial charge is 0.150 e. The van der Waals surface area contributed by atoms with Gasteiger partial charge in [-0.15, -0.1) is 0 Å². The van der Waals surface area contributed by atoms with E-state index in [1.54, 1.807) is 0 Å². The maximum absolute atomic E-state index is 11.5. The first kappa shape index (κ1) is 15.2. The second kappa shape index (κ2) is 6.51. The van der Waals surface area contributed by atoms with E-state index in [9.17, 15) is 8.42 Å². The lowest BCUT2D eigenvalue weighted by molar-refractivity contribution is 0.408. The van der Waals surface area contributed by atoms with E-state index in [4.69, 9.17) is 5.84 Å². The van der Waals surface area contributed by atoms with Crippen molar-refractivity contribution in [3.8, 4) is 0 Å². The van der Waals surface area contributed by atoms with Crippen LogP contribution in [-0.2, 0) is 16.3 Å². The molecule has 1 aromatic rings. The summed E-state index contributed by atoms with van der Waals surface area (Å²) in [6.45, 7) is 0. The minimum Gasteiger partial charge on any atom is -0.271 e.